The third-order valence-electron chi connectivity index (χ3n) is 5.16. The average Bonchev–Trinajstić information content (AvgIpc) is 3.40. The van der Waals surface area contributed by atoms with Crippen LogP contribution in [0.1, 0.15) is 36.7 Å². The van der Waals surface area contributed by atoms with E-state index in [0.717, 1.165) is 17.0 Å². The Morgan fingerprint density at radius 3 is 2.72 bits per heavy atom. The lowest BCUT2D eigenvalue weighted by Crippen LogP contribution is -2.14. The smallest absolute Gasteiger partial charge is 0.256 e. The van der Waals surface area contributed by atoms with E-state index in [-0.39, 0.29) is 11.9 Å². The maximum atomic E-state index is 13.4. The molecule has 0 unspecified atom stereocenters. The number of carbonyl (C=O) groups excluding carboxylic acids is 1. The summed E-state index contributed by atoms with van der Waals surface area (Å²) >= 11 is 8.02. The van der Waals surface area contributed by atoms with Crippen LogP contribution in [0.25, 0.3) is 21.6 Å². The number of halogens is 1. The molecule has 1 aromatic carbocycles. The number of thiophene rings is 1. The Kier molecular flexibility index (Phi) is 5.48. The summed E-state index contributed by atoms with van der Waals surface area (Å²) in [6.45, 7) is 5.17. The second kappa shape index (κ2) is 8.44. The molecule has 4 heterocycles. The first kappa shape index (κ1) is 20.8. The van der Waals surface area contributed by atoms with Crippen LogP contribution in [0.5, 0.6) is 11.5 Å². The summed E-state index contributed by atoms with van der Waals surface area (Å²) in [5, 5.41) is 10.4. The fourth-order valence-electron chi connectivity index (χ4n) is 3.60. The van der Waals surface area contributed by atoms with Crippen molar-refractivity contribution in [3.8, 4) is 22.1 Å². The van der Waals surface area contributed by atoms with Gasteiger partial charge < -0.3 is 14.8 Å². The van der Waals surface area contributed by atoms with Gasteiger partial charge in [-0.15, -0.1) is 11.3 Å². The van der Waals surface area contributed by atoms with Gasteiger partial charge in [-0.05, 0) is 31.4 Å². The highest BCUT2D eigenvalue weighted by molar-refractivity contribution is 7.13. The van der Waals surface area contributed by atoms with Crippen molar-refractivity contribution in [3.63, 3.8) is 0 Å². The molecule has 7 nitrogen and oxygen atoms in total. The van der Waals surface area contributed by atoms with Gasteiger partial charge in [-0.1, -0.05) is 17.7 Å². The second-order valence-electron chi connectivity index (χ2n) is 7.74. The molecule has 0 atom stereocenters. The average molecular weight is 469 g/mol. The van der Waals surface area contributed by atoms with E-state index < -0.39 is 0 Å². The van der Waals surface area contributed by atoms with Crippen LogP contribution < -0.4 is 14.8 Å². The van der Waals surface area contributed by atoms with E-state index in [2.05, 4.69) is 10.4 Å². The highest BCUT2D eigenvalue weighted by atomic mass is 35.5. The minimum atomic E-state index is -0.296. The van der Waals surface area contributed by atoms with Gasteiger partial charge >= 0.3 is 0 Å². The Hall–Kier alpha value is -3.10. The third-order valence-corrected chi connectivity index (χ3v) is 6.36. The minimum Gasteiger partial charge on any atom is -0.490 e. The number of fused-ring (bicyclic) bond motifs is 2. The number of anilines is 1. The Morgan fingerprint density at radius 1 is 1.22 bits per heavy atom. The zero-order valence-electron chi connectivity index (χ0n) is 17.6. The number of aromatic nitrogens is 3. The number of hydrogen-bond acceptors (Lipinski definition) is 6. The van der Waals surface area contributed by atoms with Crippen molar-refractivity contribution >= 4 is 45.6 Å². The standard InChI is InChI=1S/C23H21ClN4O3S/c1-13(2)28-22-15(12-25-28)14(9-18(26-22)21-5-3-8-32-21)23(29)27-17-11-20-19(10-16(17)24)30-6-4-7-31-20/h3,5,8-13H,4,6-7H2,1-2H3,(H,27,29). The van der Waals surface area contributed by atoms with Crippen LogP contribution in [0.2, 0.25) is 5.02 Å². The molecule has 32 heavy (non-hydrogen) atoms. The van der Waals surface area contributed by atoms with Gasteiger partial charge in [0.05, 0.1) is 51.6 Å². The van der Waals surface area contributed by atoms with Gasteiger partial charge in [0.1, 0.15) is 0 Å². The fraction of sp³-hybridized carbons (Fsp3) is 0.261. The molecular formula is C23H21ClN4O3S. The molecule has 1 aliphatic rings. The van der Waals surface area contributed by atoms with E-state index in [0.29, 0.717) is 52.0 Å². The molecule has 0 spiro atoms. The molecule has 0 bridgehead atoms. The predicted molar refractivity (Wildman–Crippen MR) is 126 cm³/mol. The molecule has 0 fully saturated rings. The number of ether oxygens (including phenoxy) is 2. The van der Waals surface area contributed by atoms with Crippen molar-refractivity contribution in [2.24, 2.45) is 0 Å². The van der Waals surface area contributed by atoms with Crippen molar-refractivity contribution < 1.29 is 14.3 Å². The maximum absolute atomic E-state index is 13.4. The highest BCUT2D eigenvalue weighted by Crippen LogP contribution is 2.38. The van der Waals surface area contributed by atoms with Crippen LogP contribution in [-0.2, 0) is 0 Å². The van der Waals surface area contributed by atoms with Crippen molar-refractivity contribution in [3.05, 3.63) is 52.5 Å². The van der Waals surface area contributed by atoms with E-state index in [1.54, 1.807) is 35.7 Å². The van der Waals surface area contributed by atoms with Gasteiger partial charge in [-0.25, -0.2) is 9.67 Å². The summed E-state index contributed by atoms with van der Waals surface area (Å²) in [6.07, 6.45) is 2.47. The lowest BCUT2D eigenvalue weighted by molar-refractivity contribution is 0.102. The third kappa shape index (κ3) is 3.80. The molecule has 4 aromatic rings. The summed E-state index contributed by atoms with van der Waals surface area (Å²) in [7, 11) is 0. The molecule has 9 heteroatoms. The summed E-state index contributed by atoms with van der Waals surface area (Å²) < 4.78 is 13.2. The topological polar surface area (TPSA) is 78.3 Å². The first-order valence-electron chi connectivity index (χ1n) is 10.3. The molecule has 5 rings (SSSR count). The Labute approximate surface area is 193 Å². The zero-order valence-corrected chi connectivity index (χ0v) is 19.2. The maximum Gasteiger partial charge on any atom is 0.256 e. The van der Waals surface area contributed by atoms with Gasteiger partial charge in [-0.3, -0.25) is 4.79 Å². The number of nitrogens with zero attached hydrogens (tertiary/aromatic N) is 3. The largest absolute Gasteiger partial charge is 0.490 e. The zero-order chi connectivity index (χ0) is 22.2. The predicted octanol–water partition coefficient (Wildman–Crippen LogP) is 5.81. The molecule has 0 aliphatic carbocycles. The van der Waals surface area contributed by atoms with Crippen LogP contribution in [-0.4, -0.2) is 33.9 Å². The SMILES string of the molecule is CC(C)n1ncc2c(C(=O)Nc3cc4c(cc3Cl)OCCCO4)cc(-c3cccs3)nc21. The number of benzene rings is 1. The van der Waals surface area contributed by atoms with Crippen molar-refractivity contribution in [1.29, 1.82) is 0 Å². The first-order valence-corrected chi connectivity index (χ1v) is 11.6. The molecule has 0 saturated carbocycles. The molecule has 164 valence electrons. The van der Waals surface area contributed by atoms with Crippen LogP contribution in [0.3, 0.4) is 0 Å². The van der Waals surface area contributed by atoms with Gasteiger partial charge in [0, 0.05) is 24.6 Å². The van der Waals surface area contributed by atoms with Crippen LogP contribution >= 0.6 is 22.9 Å². The minimum absolute atomic E-state index is 0.102. The van der Waals surface area contributed by atoms with Crippen LogP contribution in [0.4, 0.5) is 5.69 Å². The molecule has 0 saturated heterocycles. The van der Waals surface area contributed by atoms with Gasteiger partial charge in [-0.2, -0.15) is 5.10 Å². The summed E-state index contributed by atoms with van der Waals surface area (Å²) in [5.74, 6) is 0.846. The number of nitrogens with one attached hydrogen (secondary N) is 1. The number of hydrogen-bond donors (Lipinski definition) is 1. The number of carbonyl (C=O) groups is 1. The van der Waals surface area contributed by atoms with Gasteiger partial charge in [0.25, 0.3) is 5.91 Å². The molecule has 1 aliphatic heterocycles. The van der Waals surface area contributed by atoms with Crippen LogP contribution in [0.15, 0.2) is 41.9 Å². The highest BCUT2D eigenvalue weighted by Gasteiger charge is 2.21. The van der Waals surface area contributed by atoms with Crippen LogP contribution in [0, 0.1) is 0 Å². The Bertz CT molecular complexity index is 1300. The normalized spacial score (nSPS) is 13.4. The van der Waals surface area contributed by atoms with Gasteiger partial charge in [0.2, 0.25) is 0 Å². The fourth-order valence-corrected chi connectivity index (χ4v) is 4.49. The number of amides is 1. The summed E-state index contributed by atoms with van der Waals surface area (Å²) in [6, 6.07) is 9.23. The Morgan fingerprint density at radius 2 is 2.00 bits per heavy atom. The van der Waals surface area contributed by atoms with Gasteiger partial charge in [0.15, 0.2) is 17.1 Å². The summed E-state index contributed by atoms with van der Waals surface area (Å²) in [5.41, 5.74) is 2.33. The van der Waals surface area contributed by atoms with Crippen molar-refractivity contribution in [2.45, 2.75) is 26.3 Å². The molecule has 1 N–H and O–H groups in total. The lowest BCUT2D eigenvalue weighted by atomic mass is 10.1. The lowest BCUT2D eigenvalue weighted by Gasteiger charge is -2.13. The number of rotatable bonds is 4. The van der Waals surface area contributed by atoms with E-state index in [9.17, 15) is 4.79 Å². The first-order chi connectivity index (χ1) is 15.5. The molecular weight excluding hydrogens is 448 g/mol. The van der Waals surface area contributed by atoms with Crippen molar-refractivity contribution in [1.82, 2.24) is 14.8 Å². The molecule has 1 amide bonds. The van der Waals surface area contributed by atoms with E-state index in [4.69, 9.17) is 26.1 Å². The van der Waals surface area contributed by atoms with E-state index >= 15 is 0 Å². The molecule has 0 radical (unpaired) electrons. The Balaban J connectivity index is 1.57. The van der Waals surface area contributed by atoms with Crippen molar-refractivity contribution in [2.75, 3.05) is 18.5 Å². The van der Waals surface area contributed by atoms with E-state index in [1.807, 2.05) is 36.0 Å². The molecule has 3 aromatic heterocycles. The van der Waals surface area contributed by atoms with E-state index in [1.165, 1.54) is 0 Å². The number of pyridine rings is 1. The monoisotopic (exact) mass is 468 g/mol. The second-order valence-corrected chi connectivity index (χ2v) is 9.09. The quantitative estimate of drug-likeness (QED) is 0.409. The summed E-state index contributed by atoms with van der Waals surface area (Å²) in [4.78, 5) is 19.2.